The minimum atomic E-state index is -0.519. The Morgan fingerprint density at radius 1 is 1.62 bits per heavy atom. The summed E-state index contributed by atoms with van der Waals surface area (Å²) in [5, 5.41) is 18.8. The SMILES string of the molecule is CCC1(O)CN(Cc2cccnc2C#N)C1. The minimum absolute atomic E-state index is 0.481. The summed E-state index contributed by atoms with van der Waals surface area (Å²) < 4.78 is 0. The number of aromatic nitrogens is 1. The van der Waals surface area contributed by atoms with Crippen molar-refractivity contribution in [2.45, 2.75) is 25.5 Å². The highest BCUT2D eigenvalue weighted by molar-refractivity contribution is 5.30. The maximum atomic E-state index is 9.87. The summed E-state index contributed by atoms with van der Waals surface area (Å²) in [6, 6.07) is 5.83. The molecule has 1 N–H and O–H groups in total. The van der Waals surface area contributed by atoms with Gasteiger partial charge in [0.15, 0.2) is 0 Å². The molecule has 1 aliphatic rings. The van der Waals surface area contributed by atoms with Crippen molar-refractivity contribution in [3.05, 3.63) is 29.6 Å². The molecule has 0 aliphatic carbocycles. The van der Waals surface area contributed by atoms with E-state index in [1.165, 1.54) is 0 Å². The van der Waals surface area contributed by atoms with Gasteiger partial charge >= 0.3 is 0 Å². The van der Waals surface area contributed by atoms with E-state index < -0.39 is 5.60 Å². The molecule has 2 heterocycles. The molecule has 1 fully saturated rings. The minimum Gasteiger partial charge on any atom is -0.387 e. The van der Waals surface area contributed by atoms with E-state index in [1.807, 2.05) is 19.1 Å². The van der Waals surface area contributed by atoms with Crippen LogP contribution in [0.4, 0.5) is 0 Å². The molecule has 84 valence electrons. The van der Waals surface area contributed by atoms with Crippen molar-refractivity contribution in [1.29, 1.82) is 5.26 Å². The van der Waals surface area contributed by atoms with E-state index in [-0.39, 0.29) is 0 Å². The van der Waals surface area contributed by atoms with Crippen LogP contribution in [0.25, 0.3) is 0 Å². The molecule has 1 aromatic rings. The van der Waals surface area contributed by atoms with Crippen LogP contribution in [-0.2, 0) is 6.54 Å². The van der Waals surface area contributed by atoms with Crippen LogP contribution >= 0.6 is 0 Å². The summed E-state index contributed by atoms with van der Waals surface area (Å²) in [4.78, 5) is 6.14. The molecule has 0 unspecified atom stereocenters. The third-order valence-corrected chi connectivity index (χ3v) is 3.09. The van der Waals surface area contributed by atoms with E-state index in [4.69, 9.17) is 5.26 Å². The van der Waals surface area contributed by atoms with Crippen LogP contribution in [0.15, 0.2) is 18.3 Å². The monoisotopic (exact) mass is 217 g/mol. The van der Waals surface area contributed by atoms with Crippen molar-refractivity contribution in [3.8, 4) is 6.07 Å². The lowest BCUT2D eigenvalue weighted by Crippen LogP contribution is -2.60. The van der Waals surface area contributed by atoms with Crippen molar-refractivity contribution >= 4 is 0 Å². The zero-order valence-corrected chi connectivity index (χ0v) is 9.35. The van der Waals surface area contributed by atoms with Gasteiger partial charge in [-0.15, -0.1) is 0 Å². The molecule has 0 aromatic carbocycles. The van der Waals surface area contributed by atoms with Gasteiger partial charge in [0.2, 0.25) is 0 Å². The van der Waals surface area contributed by atoms with Crippen LogP contribution in [0.1, 0.15) is 24.6 Å². The Balaban J connectivity index is 2.00. The Kier molecular flexibility index (Phi) is 2.90. The predicted octanol–water partition coefficient (Wildman–Crippen LogP) is 0.910. The molecule has 16 heavy (non-hydrogen) atoms. The third-order valence-electron chi connectivity index (χ3n) is 3.09. The molecule has 0 amide bonds. The fourth-order valence-electron chi connectivity index (χ4n) is 2.03. The van der Waals surface area contributed by atoms with Gasteiger partial charge in [0, 0.05) is 31.4 Å². The van der Waals surface area contributed by atoms with Crippen molar-refractivity contribution < 1.29 is 5.11 Å². The van der Waals surface area contributed by atoms with Crippen molar-refractivity contribution in [2.24, 2.45) is 0 Å². The van der Waals surface area contributed by atoms with E-state index >= 15 is 0 Å². The van der Waals surface area contributed by atoms with Gasteiger partial charge < -0.3 is 5.11 Å². The van der Waals surface area contributed by atoms with Crippen LogP contribution in [-0.4, -0.2) is 33.7 Å². The van der Waals surface area contributed by atoms with Gasteiger partial charge in [-0.2, -0.15) is 5.26 Å². The number of pyridine rings is 1. The second-order valence-corrected chi connectivity index (χ2v) is 4.35. The first-order valence-corrected chi connectivity index (χ1v) is 5.45. The van der Waals surface area contributed by atoms with Gasteiger partial charge in [0.25, 0.3) is 0 Å². The van der Waals surface area contributed by atoms with E-state index in [1.54, 1.807) is 6.20 Å². The highest BCUT2D eigenvalue weighted by Gasteiger charge is 2.39. The number of hydrogen-bond acceptors (Lipinski definition) is 4. The Bertz CT molecular complexity index is 419. The Morgan fingerprint density at radius 3 is 3.00 bits per heavy atom. The van der Waals surface area contributed by atoms with Crippen LogP contribution in [0.5, 0.6) is 0 Å². The first-order chi connectivity index (χ1) is 7.67. The average Bonchev–Trinajstić information content (AvgIpc) is 2.27. The molecule has 1 aliphatic heterocycles. The molecule has 0 bridgehead atoms. The Morgan fingerprint density at radius 2 is 2.38 bits per heavy atom. The quantitative estimate of drug-likeness (QED) is 0.817. The topological polar surface area (TPSA) is 60.1 Å². The maximum Gasteiger partial charge on any atom is 0.144 e. The average molecular weight is 217 g/mol. The first-order valence-electron chi connectivity index (χ1n) is 5.45. The number of nitrogens with zero attached hydrogens (tertiary/aromatic N) is 3. The molecule has 1 aromatic heterocycles. The van der Waals surface area contributed by atoms with Crippen LogP contribution in [0.2, 0.25) is 0 Å². The van der Waals surface area contributed by atoms with Crippen LogP contribution in [0.3, 0.4) is 0 Å². The number of β-amino-alcohol motifs (C(OH)–C–C–N with tert-alkyl or cyclic N) is 1. The highest BCUT2D eigenvalue weighted by Crippen LogP contribution is 2.25. The van der Waals surface area contributed by atoms with E-state index in [0.29, 0.717) is 25.3 Å². The lowest BCUT2D eigenvalue weighted by molar-refractivity contribution is -0.103. The van der Waals surface area contributed by atoms with E-state index in [9.17, 15) is 5.11 Å². The zero-order valence-electron chi connectivity index (χ0n) is 9.35. The molecule has 2 rings (SSSR count). The summed E-state index contributed by atoms with van der Waals surface area (Å²) in [7, 11) is 0. The van der Waals surface area contributed by atoms with Crippen molar-refractivity contribution in [1.82, 2.24) is 9.88 Å². The molecule has 0 atom stereocenters. The molecule has 0 spiro atoms. The molecule has 0 saturated carbocycles. The first kappa shape index (κ1) is 11.1. The summed E-state index contributed by atoms with van der Waals surface area (Å²) in [5.74, 6) is 0. The second kappa shape index (κ2) is 4.20. The highest BCUT2D eigenvalue weighted by atomic mass is 16.3. The number of likely N-dealkylation sites (tertiary alicyclic amines) is 1. The lowest BCUT2D eigenvalue weighted by atomic mass is 9.91. The van der Waals surface area contributed by atoms with E-state index in [0.717, 1.165) is 12.0 Å². The number of rotatable bonds is 3. The molecule has 0 radical (unpaired) electrons. The van der Waals surface area contributed by atoms with Gasteiger partial charge in [0.1, 0.15) is 11.8 Å². The largest absolute Gasteiger partial charge is 0.387 e. The van der Waals surface area contributed by atoms with Crippen molar-refractivity contribution in [2.75, 3.05) is 13.1 Å². The summed E-state index contributed by atoms with van der Waals surface area (Å²) in [6.07, 6.45) is 2.40. The summed E-state index contributed by atoms with van der Waals surface area (Å²) in [5.41, 5.74) is 0.896. The summed E-state index contributed by atoms with van der Waals surface area (Å²) >= 11 is 0. The van der Waals surface area contributed by atoms with Gasteiger partial charge in [-0.1, -0.05) is 13.0 Å². The summed E-state index contributed by atoms with van der Waals surface area (Å²) in [6.45, 7) is 4.05. The van der Waals surface area contributed by atoms with Gasteiger partial charge in [-0.05, 0) is 12.5 Å². The number of aliphatic hydroxyl groups is 1. The second-order valence-electron chi connectivity index (χ2n) is 4.35. The standard InChI is InChI=1S/C12H15N3O/c1-2-12(16)8-15(9-12)7-10-4-3-5-14-11(10)6-13/h3-5,16H,2,7-9H2,1H3. The number of nitriles is 1. The molecule has 4 nitrogen and oxygen atoms in total. The van der Waals surface area contributed by atoms with Crippen LogP contribution < -0.4 is 0 Å². The fourth-order valence-corrected chi connectivity index (χ4v) is 2.03. The molecular formula is C12H15N3O. The zero-order chi connectivity index (χ0) is 11.6. The van der Waals surface area contributed by atoms with E-state index in [2.05, 4.69) is 16.0 Å². The smallest absolute Gasteiger partial charge is 0.144 e. The molecule has 1 saturated heterocycles. The van der Waals surface area contributed by atoms with Crippen LogP contribution in [0, 0.1) is 11.3 Å². The maximum absolute atomic E-state index is 9.87. The third kappa shape index (κ3) is 2.06. The predicted molar refractivity (Wildman–Crippen MR) is 59.5 cm³/mol. The molecule has 4 heteroatoms. The van der Waals surface area contributed by atoms with Crippen molar-refractivity contribution in [3.63, 3.8) is 0 Å². The van der Waals surface area contributed by atoms with Gasteiger partial charge in [-0.25, -0.2) is 4.98 Å². The number of hydrogen-bond donors (Lipinski definition) is 1. The van der Waals surface area contributed by atoms with Gasteiger partial charge in [-0.3, -0.25) is 4.90 Å². The normalized spacial score (nSPS) is 18.8. The van der Waals surface area contributed by atoms with Gasteiger partial charge in [0.05, 0.1) is 5.60 Å². The Hall–Kier alpha value is -1.44. The Labute approximate surface area is 95.1 Å². The fraction of sp³-hybridized carbons (Fsp3) is 0.500. The molecular weight excluding hydrogens is 202 g/mol. The lowest BCUT2D eigenvalue weighted by Gasteiger charge is -2.46.